The Bertz CT molecular complexity index is 1920. The molecule has 1 heterocycles. The number of hydrogen-bond acceptors (Lipinski definition) is 4. The van der Waals surface area contributed by atoms with Gasteiger partial charge in [0.05, 0.1) is 0 Å². The first-order valence-corrected chi connectivity index (χ1v) is 12.3. The quantitative estimate of drug-likeness (QED) is 0.0517. The molecule has 0 aliphatic carbocycles. The van der Waals surface area contributed by atoms with E-state index in [-0.39, 0.29) is 0 Å². The Morgan fingerprint density at radius 2 is 1.46 bits per heavy atom. The predicted molar refractivity (Wildman–Crippen MR) is 152 cm³/mol. The summed E-state index contributed by atoms with van der Waals surface area (Å²) in [5.74, 6) is 0. The monoisotopic (exact) mass is 484 g/mol. The smallest absolute Gasteiger partial charge is 0.0454 e. The molecule has 180 valence electrons. The van der Waals surface area contributed by atoms with Crippen molar-refractivity contribution in [3.8, 4) is 0 Å². The summed E-state index contributed by atoms with van der Waals surface area (Å²) < 4.78 is 0. The number of rotatable bonds is 7. The second kappa shape index (κ2) is 9.36. The number of fused-ring (bicyclic) bond motifs is 2. The second-order valence-electron chi connectivity index (χ2n) is 9.21. The molecule has 0 saturated carbocycles. The first-order chi connectivity index (χ1) is 18.2. The summed E-state index contributed by atoms with van der Waals surface area (Å²) in [4.78, 5) is 12.4. The highest BCUT2D eigenvalue weighted by atomic mass is 15.2. The molecule has 0 amide bonds. The summed E-state index contributed by atoms with van der Waals surface area (Å²) in [5.41, 5.74) is 19.5. The molecule has 37 heavy (non-hydrogen) atoms. The molecule has 5 aromatic rings. The highest BCUT2D eigenvalue weighted by molar-refractivity contribution is 6.34. The number of hydrogen-bond donors (Lipinski definition) is 0. The van der Waals surface area contributed by atoms with Gasteiger partial charge in [0, 0.05) is 60.5 Å². The van der Waals surface area contributed by atoms with Gasteiger partial charge in [-0.25, -0.2) is 0 Å². The molecule has 0 N–H and O–H groups in total. The first kappa shape index (κ1) is 22.7. The minimum atomic E-state index is 0.348. The molecule has 0 saturated heterocycles. The number of nitrogens with zero attached hydrogens (tertiary/aromatic N) is 8. The van der Waals surface area contributed by atoms with E-state index in [1.165, 1.54) is 59.1 Å². The van der Waals surface area contributed by atoms with Crippen molar-refractivity contribution in [1.29, 1.82) is 0 Å². The van der Waals surface area contributed by atoms with Crippen LogP contribution >= 0.6 is 0 Å². The van der Waals surface area contributed by atoms with Crippen molar-refractivity contribution < 1.29 is 0 Å². The van der Waals surface area contributed by atoms with Gasteiger partial charge in [0.25, 0.3) is 0 Å². The van der Waals surface area contributed by atoms with Crippen LogP contribution in [0.15, 0.2) is 63.8 Å². The lowest BCUT2D eigenvalue weighted by atomic mass is 9.85. The zero-order chi connectivity index (χ0) is 25.4. The maximum absolute atomic E-state index is 8.64. The SMILES string of the molecule is C/C=c1/ccc2c3ccc4c5c(ccc(c6ccc(/C=N/CCN=[N+]=[N-])c1c62)c53)=CN(CCN=[N+]=[N-])C4. The molecule has 0 aromatic heterocycles. The van der Waals surface area contributed by atoms with Crippen LogP contribution in [0.25, 0.3) is 76.3 Å². The molecule has 0 atom stereocenters. The zero-order valence-electron chi connectivity index (χ0n) is 20.5. The maximum Gasteiger partial charge on any atom is 0.0454 e. The zero-order valence-corrected chi connectivity index (χ0v) is 20.5. The van der Waals surface area contributed by atoms with E-state index in [1.807, 2.05) is 6.21 Å². The fraction of sp³-hybridized carbons (Fsp3) is 0.207. The number of aliphatic imine (C=N–C) groups is 1. The summed E-state index contributed by atoms with van der Waals surface area (Å²) in [7, 11) is 0. The summed E-state index contributed by atoms with van der Waals surface area (Å²) >= 11 is 0. The molecule has 0 unspecified atom stereocenters. The van der Waals surface area contributed by atoms with Crippen molar-refractivity contribution in [2.75, 3.05) is 26.2 Å². The fourth-order valence-electron chi connectivity index (χ4n) is 5.76. The molecule has 5 aromatic carbocycles. The van der Waals surface area contributed by atoms with Gasteiger partial charge in [-0.1, -0.05) is 64.8 Å². The molecular weight excluding hydrogens is 460 g/mol. The molecule has 0 bridgehead atoms. The van der Waals surface area contributed by atoms with Crippen molar-refractivity contribution in [3.05, 3.63) is 91.0 Å². The van der Waals surface area contributed by atoms with E-state index in [0.717, 1.165) is 12.1 Å². The molecule has 0 fully saturated rings. The standard InChI is InChI=1S/C29H24N8/c1-2-18-3-7-22-24-9-5-20-16-37(14-13-34-36-31)17-21-6-10-25(29(24)27(20)21)23-8-4-19(26(18)28(22)23)15-32-11-12-33-35-30/h2-10,15,17H,11-14,16H2,1H3/b18-2-,32-15+. The Morgan fingerprint density at radius 1 is 0.784 bits per heavy atom. The minimum Gasteiger partial charge on any atom is -0.372 e. The fourth-order valence-corrected chi connectivity index (χ4v) is 5.76. The van der Waals surface area contributed by atoms with Crippen LogP contribution in [0, 0.1) is 0 Å². The molecule has 0 spiro atoms. The van der Waals surface area contributed by atoms with Crippen LogP contribution < -0.4 is 10.4 Å². The van der Waals surface area contributed by atoms with Gasteiger partial charge in [0.1, 0.15) is 0 Å². The molecule has 6 rings (SSSR count). The van der Waals surface area contributed by atoms with Crippen LogP contribution in [-0.2, 0) is 6.54 Å². The summed E-state index contributed by atoms with van der Waals surface area (Å²) in [6.07, 6.45) is 6.24. The minimum absolute atomic E-state index is 0.348. The van der Waals surface area contributed by atoms with Gasteiger partial charge in [-0.3, -0.25) is 4.99 Å². The van der Waals surface area contributed by atoms with Crippen LogP contribution in [0.4, 0.5) is 0 Å². The van der Waals surface area contributed by atoms with Crippen molar-refractivity contribution >= 4 is 61.6 Å². The van der Waals surface area contributed by atoms with Crippen molar-refractivity contribution in [3.63, 3.8) is 0 Å². The second-order valence-corrected chi connectivity index (χ2v) is 9.21. The molecule has 8 heteroatoms. The van der Waals surface area contributed by atoms with E-state index in [0.29, 0.717) is 26.2 Å². The first-order valence-electron chi connectivity index (χ1n) is 12.3. The van der Waals surface area contributed by atoms with E-state index in [1.54, 1.807) is 0 Å². The van der Waals surface area contributed by atoms with Crippen LogP contribution in [0.3, 0.4) is 0 Å². The normalized spacial score (nSPS) is 13.5. The van der Waals surface area contributed by atoms with Crippen molar-refractivity contribution in [2.24, 2.45) is 15.2 Å². The van der Waals surface area contributed by atoms with Gasteiger partial charge >= 0.3 is 0 Å². The third kappa shape index (κ3) is 3.67. The van der Waals surface area contributed by atoms with Crippen LogP contribution in [0.2, 0.25) is 0 Å². The predicted octanol–water partition coefficient (Wildman–Crippen LogP) is 6.13. The number of benzene rings is 5. The summed E-state index contributed by atoms with van der Waals surface area (Å²) in [6, 6.07) is 17.8. The van der Waals surface area contributed by atoms with E-state index in [9.17, 15) is 0 Å². The molecule has 1 aliphatic rings. The van der Waals surface area contributed by atoms with Crippen LogP contribution in [-0.4, -0.2) is 37.3 Å². The van der Waals surface area contributed by atoms with Crippen molar-refractivity contribution in [1.82, 2.24) is 4.90 Å². The molecule has 1 aliphatic heterocycles. The van der Waals surface area contributed by atoms with E-state index >= 15 is 0 Å². The molecule has 8 nitrogen and oxygen atoms in total. The Hall–Kier alpha value is -4.77. The Morgan fingerprint density at radius 3 is 2.22 bits per heavy atom. The lowest BCUT2D eigenvalue weighted by Crippen LogP contribution is -2.27. The van der Waals surface area contributed by atoms with Crippen molar-refractivity contribution in [2.45, 2.75) is 13.5 Å². The maximum atomic E-state index is 8.64. The van der Waals surface area contributed by atoms with E-state index in [2.05, 4.69) is 97.7 Å². The lowest BCUT2D eigenvalue weighted by molar-refractivity contribution is 0.413. The molecular formula is C29H24N8. The topological polar surface area (TPSA) is 113 Å². The average molecular weight is 485 g/mol. The van der Waals surface area contributed by atoms with Gasteiger partial charge in [0.2, 0.25) is 0 Å². The number of azide groups is 2. The van der Waals surface area contributed by atoms with E-state index < -0.39 is 0 Å². The highest BCUT2D eigenvalue weighted by Crippen LogP contribution is 2.40. The van der Waals surface area contributed by atoms with Gasteiger partial charge in [0.15, 0.2) is 0 Å². The Balaban J connectivity index is 1.63. The lowest BCUT2D eigenvalue weighted by Gasteiger charge is -2.26. The largest absolute Gasteiger partial charge is 0.372 e. The van der Waals surface area contributed by atoms with Gasteiger partial charge < -0.3 is 4.90 Å². The summed E-state index contributed by atoms with van der Waals surface area (Å²) in [5, 5.41) is 19.7. The van der Waals surface area contributed by atoms with Gasteiger partial charge in [-0.2, -0.15) is 0 Å². The van der Waals surface area contributed by atoms with Crippen LogP contribution in [0.5, 0.6) is 0 Å². The van der Waals surface area contributed by atoms with E-state index in [4.69, 9.17) is 11.1 Å². The average Bonchev–Trinajstić information content (AvgIpc) is 2.93. The summed E-state index contributed by atoms with van der Waals surface area (Å²) in [6.45, 7) is 4.82. The van der Waals surface area contributed by atoms with Crippen LogP contribution in [0.1, 0.15) is 18.1 Å². The van der Waals surface area contributed by atoms with Gasteiger partial charge in [-0.15, -0.1) is 0 Å². The Kier molecular flexibility index (Phi) is 5.73. The van der Waals surface area contributed by atoms with Gasteiger partial charge in [-0.05, 0) is 77.1 Å². The molecule has 0 radical (unpaired) electrons. The highest BCUT2D eigenvalue weighted by Gasteiger charge is 2.19. The third-order valence-corrected chi connectivity index (χ3v) is 7.26. The third-order valence-electron chi connectivity index (χ3n) is 7.26. The Labute approximate surface area is 212 Å².